The third kappa shape index (κ3) is 4.16. The lowest BCUT2D eigenvalue weighted by molar-refractivity contribution is 0.105. The Labute approximate surface area is 165 Å². The van der Waals surface area contributed by atoms with Crippen LogP contribution in [-0.2, 0) is 13.0 Å². The minimum Gasteiger partial charge on any atom is -0.394 e. The monoisotopic (exact) mass is 385 g/mol. The standard InChI is InChI=1S/C21H23N3O2.ClH/c25-14-17(26)12-22-21-11-20(18-7-3-4-8-19(18)23-21)24-10-9-15-5-1-2-6-16(15)13-24;/h1-8,11,17,25-26H,9-10,12-14H2,(H,22,23);1H. The number of anilines is 2. The van der Waals surface area contributed by atoms with E-state index in [1.165, 1.54) is 11.1 Å². The van der Waals surface area contributed by atoms with Crippen molar-refractivity contribution in [3.8, 4) is 0 Å². The Balaban J connectivity index is 0.00000210. The molecule has 0 amide bonds. The molecule has 3 aromatic rings. The molecule has 0 saturated heterocycles. The number of aromatic nitrogens is 1. The fraction of sp³-hybridized carbons (Fsp3) is 0.286. The van der Waals surface area contributed by atoms with E-state index < -0.39 is 6.10 Å². The Kier molecular flexibility index (Phi) is 6.16. The van der Waals surface area contributed by atoms with E-state index in [1.54, 1.807) is 0 Å². The highest BCUT2D eigenvalue weighted by Gasteiger charge is 2.19. The summed E-state index contributed by atoms with van der Waals surface area (Å²) >= 11 is 0. The van der Waals surface area contributed by atoms with Crippen LogP contribution in [0, 0.1) is 0 Å². The number of nitrogens with zero attached hydrogens (tertiary/aromatic N) is 2. The number of rotatable bonds is 5. The molecule has 0 saturated carbocycles. The van der Waals surface area contributed by atoms with Crippen molar-refractivity contribution in [2.75, 3.05) is 29.9 Å². The zero-order chi connectivity index (χ0) is 17.9. The van der Waals surface area contributed by atoms with Crippen molar-refractivity contribution in [2.24, 2.45) is 0 Å². The van der Waals surface area contributed by atoms with Crippen molar-refractivity contribution in [3.05, 3.63) is 65.7 Å². The molecule has 6 heteroatoms. The molecule has 1 aliphatic rings. The summed E-state index contributed by atoms with van der Waals surface area (Å²) in [5.41, 5.74) is 4.85. The highest BCUT2D eigenvalue weighted by Crippen LogP contribution is 2.32. The number of benzene rings is 2. The summed E-state index contributed by atoms with van der Waals surface area (Å²) in [6.07, 6.45) is 0.229. The maximum absolute atomic E-state index is 9.61. The predicted molar refractivity (Wildman–Crippen MR) is 112 cm³/mol. The van der Waals surface area contributed by atoms with Gasteiger partial charge in [0, 0.05) is 31.1 Å². The van der Waals surface area contributed by atoms with Gasteiger partial charge in [-0.15, -0.1) is 12.4 Å². The van der Waals surface area contributed by atoms with Gasteiger partial charge in [-0.05, 0) is 23.6 Å². The number of hydrogen-bond donors (Lipinski definition) is 3. The van der Waals surface area contributed by atoms with E-state index in [-0.39, 0.29) is 25.6 Å². The van der Waals surface area contributed by atoms with Crippen molar-refractivity contribution in [3.63, 3.8) is 0 Å². The SMILES string of the molecule is Cl.OCC(O)CNc1cc(N2CCc3ccccc3C2)c2ccccc2n1. The topological polar surface area (TPSA) is 68.6 Å². The number of para-hydroxylation sites is 1. The molecular weight excluding hydrogens is 362 g/mol. The quantitative estimate of drug-likeness (QED) is 0.630. The van der Waals surface area contributed by atoms with Gasteiger partial charge in [-0.2, -0.15) is 0 Å². The molecule has 3 N–H and O–H groups in total. The average molecular weight is 386 g/mol. The summed E-state index contributed by atoms with van der Waals surface area (Å²) in [4.78, 5) is 7.04. The summed E-state index contributed by atoms with van der Waals surface area (Å²) < 4.78 is 0. The highest BCUT2D eigenvalue weighted by atomic mass is 35.5. The second-order valence-corrected chi connectivity index (χ2v) is 6.70. The fourth-order valence-electron chi connectivity index (χ4n) is 3.50. The minimum atomic E-state index is -0.798. The van der Waals surface area contributed by atoms with Gasteiger partial charge in [0.15, 0.2) is 0 Å². The van der Waals surface area contributed by atoms with Crippen molar-refractivity contribution < 1.29 is 10.2 Å². The number of nitrogens with one attached hydrogen (secondary N) is 1. The third-order valence-electron chi connectivity index (χ3n) is 4.90. The lowest BCUT2D eigenvalue weighted by Crippen LogP contribution is -2.30. The Hall–Kier alpha value is -2.34. The Bertz CT molecular complexity index is 919. The van der Waals surface area contributed by atoms with Gasteiger partial charge in [-0.25, -0.2) is 4.98 Å². The molecule has 1 aromatic heterocycles. The molecule has 1 unspecified atom stereocenters. The molecule has 5 nitrogen and oxygen atoms in total. The Morgan fingerprint density at radius 3 is 2.63 bits per heavy atom. The summed E-state index contributed by atoms with van der Waals surface area (Å²) in [5.74, 6) is 0.713. The molecule has 0 aliphatic carbocycles. The van der Waals surface area contributed by atoms with Gasteiger partial charge < -0.3 is 20.4 Å². The summed E-state index contributed by atoms with van der Waals surface area (Å²) in [7, 11) is 0. The lowest BCUT2D eigenvalue weighted by Gasteiger charge is -2.32. The molecule has 4 rings (SSSR count). The van der Waals surface area contributed by atoms with Crippen LogP contribution in [0.1, 0.15) is 11.1 Å². The van der Waals surface area contributed by atoms with E-state index in [1.807, 2.05) is 24.3 Å². The van der Waals surface area contributed by atoms with Crippen molar-refractivity contribution >= 4 is 34.8 Å². The van der Waals surface area contributed by atoms with Crippen LogP contribution >= 0.6 is 12.4 Å². The molecular formula is C21H24ClN3O2. The first-order chi connectivity index (χ1) is 12.7. The van der Waals surface area contributed by atoms with E-state index in [0.717, 1.165) is 36.1 Å². The van der Waals surface area contributed by atoms with E-state index in [2.05, 4.69) is 45.5 Å². The fourth-order valence-corrected chi connectivity index (χ4v) is 3.50. The van der Waals surface area contributed by atoms with Gasteiger partial charge in [-0.1, -0.05) is 42.5 Å². The van der Waals surface area contributed by atoms with E-state index in [9.17, 15) is 5.11 Å². The third-order valence-corrected chi connectivity index (χ3v) is 4.90. The summed E-state index contributed by atoms with van der Waals surface area (Å²) in [6.45, 7) is 1.84. The first-order valence-corrected chi connectivity index (χ1v) is 8.99. The smallest absolute Gasteiger partial charge is 0.128 e. The number of fused-ring (bicyclic) bond motifs is 2. The summed E-state index contributed by atoms with van der Waals surface area (Å²) in [5, 5.41) is 22.9. The van der Waals surface area contributed by atoms with E-state index >= 15 is 0 Å². The minimum absolute atomic E-state index is 0. The van der Waals surface area contributed by atoms with Crippen LogP contribution < -0.4 is 10.2 Å². The van der Waals surface area contributed by atoms with Crippen LogP contribution in [-0.4, -0.2) is 41.0 Å². The molecule has 27 heavy (non-hydrogen) atoms. The Morgan fingerprint density at radius 1 is 1.07 bits per heavy atom. The molecule has 0 radical (unpaired) electrons. The number of aliphatic hydroxyl groups excluding tert-OH is 2. The highest BCUT2D eigenvalue weighted by molar-refractivity contribution is 5.93. The molecule has 1 atom stereocenters. The van der Waals surface area contributed by atoms with Gasteiger partial charge in [-0.3, -0.25) is 0 Å². The lowest BCUT2D eigenvalue weighted by atomic mass is 9.99. The molecule has 2 heterocycles. The zero-order valence-corrected chi connectivity index (χ0v) is 15.8. The first kappa shape index (κ1) is 19.4. The van der Waals surface area contributed by atoms with Crippen molar-refractivity contribution in [1.29, 1.82) is 0 Å². The molecule has 142 valence electrons. The van der Waals surface area contributed by atoms with E-state index in [0.29, 0.717) is 5.82 Å². The van der Waals surface area contributed by atoms with E-state index in [4.69, 9.17) is 5.11 Å². The van der Waals surface area contributed by atoms with Crippen LogP contribution in [0.2, 0.25) is 0 Å². The number of aliphatic hydroxyl groups is 2. The number of hydrogen-bond acceptors (Lipinski definition) is 5. The zero-order valence-electron chi connectivity index (χ0n) is 15.0. The van der Waals surface area contributed by atoms with Crippen molar-refractivity contribution in [1.82, 2.24) is 4.98 Å². The second kappa shape index (κ2) is 8.57. The maximum atomic E-state index is 9.61. The van der Waals surface area contributed by atoms with Crippen molar-refractivity contribution in [2.45, 2.75) is 19.1 Å². The van der Waals surface area contributed by atoms with Crippen LogP contribution in [0.4, 0.5) is 11.5 Å². The maximum Gasteiger partial charge on any atom is 0.128 e. The molecule has 2 aromatic carbocycles. The largest absolute Gasteiger partial charge is 0.394 e. The molecule has 0 bridgehead atoms. The Morgan fingerprint density at radius 2 is 1.81 bits per heavy atom. The van der Waals surface area contributed by atoms with Gasteiger partial charge in [0.05, 0.1) is 23.9 Å². The van der Waals surface area contributed by atoms with Gasteiger partial charge in [0.25, 0.3) is 0 Å². The van der Waals surface area contributed by atoms with Crippen LogP contribution in [0.3, 0.4) is 0 Å². The summed E-state index contributed by atoms with van der Waals surface area (Å²) in [6, 6.07) is 18.8. The second-order valence-electron chi connectivity index (χ2n) is 6.70. The normalized spacial score (nSPS) is 14.4. The van der Waals surface area contributed by atoms with Gasteiger partial charge >= 0.3 is 0 Å². The van der Waals surface area contributed by atoms with Crippen LogP contribution in [0.25, 0.3) is 10.9 Å². The van der Waals surface area contributed by atoms with Crippen LogP contribution in [0.5, 0.6) is 0 Å². The predicted octanol–water partition coefficient (Wildman–Crippen LogP) is 2.98. The molecule has 0 spiro atoms. The number of halogens is 1. The van der Waals surface area contributed by atoms with Crippen LogP contribution in [0.15, 0.2) is 54.6 Å². The first-order valence-electron chi connectivity index (χ1n) is 8.99. The molecule has 1 aliphatic heterocycles. The molecule has 0 fully saturated rings. The average Bonchev–Trinajstić information content (AvgIpc) is 2.71. The van der Waals surface area contributed by atoms with Gasteiger partial charge in [0.2, 0.25) is 0 Å². The number of pyridine rings is 1. The van der Waals surface area contributed by atoms with Gasteiger partial charge in [0.1, 0.15) is 5.82 Å².